The fraction of sp³-hybridized carbons (Fsp3) is 0.533. The molecule has 6 nitrogen and oxygen atoms in total. The third-order valence-corrected chi connectivity index (χ3v) is 4.76. The first-order chi connectivity index (χ1) is 10.4. The lowest BCUT2D eigenvalue weighted by Crippen LogP contribution is -2.39. The average Bonchev–Trinajstić information content (AvgIpc) is 2.53. The summed E-state index contributed by atoms with van der Waals surface area (Å²) >= 11 is 0. The Balaban J connectivity index is 2.73. The molecule has 0 saturated heterocycles. The summed E-state index contributed by atoms with van der Waals surface area (Å²) < 4.78 is 25.9. The normalized spacial score (nSPS) is 12.3. The summed E-state index contributed by atoms with van der Waals surface area (Å²) in [6.45, 7) is 3.61. The molecule has 124 valence electrons. The number of nitrogens with one attached hydrogen (secondary N) is 2. The van der Waals surface area contributed by atoms with Crippen LogP contribution in [0.25, 0.3) is 0 Å². The van der Waals surface area contributed by atoms with Crippen LogP contribution in [0.2, 0.25) is 0 Å². The van der Waals surface area contributed by atoms with E-state index in [-0.39, 0.29) is 4.90 Å². The highest BCUT2D eigenvalue weighted by molar-refractivity contribution is 7.89. The lowest BCUT2D eigenvalue weighted by molar-refractivity contribution is 0.464. The summed E-state index contributed by atoms with van der Waals surface area (Å²) in [5, 5.41) is 3.25. The Bertz CT molecular complexity index is 599. The molecule has 0 spiro atoms. The van der Waals surface area contributed by atoms with E-state index in [9.17, 15) is 8.42 Å². The van der Waals surface area contributed by atoms with Crippen molar-refractivity contribution in [1.29, 1.82) is 0 Å². The lowest BCUT2D eigenvalue weighted by Gasteiger charge is -2.22. The summed E-state index contributed by atoms with van der Waals surface area (Å²) in [6, 6.07) is 6.88. The summed E-state index contributed by atoms with van der Waals surface area (Å²) in [5.41, 5.74) is 0.890. The van der Waals surface area contributed by atoms with Gasteiger partial charge >= 0.3 is 0 Å². The van der Waals surface area contributed by atoms with Crippen LogP contribution < -0.4 is 10.0 Å². The molecular weight excluding hydrogens is 300 g/mol. The van der Waals surface area contributed by atoms with Crippen molar-refractivity contribution < 1.29 is 8.42 Å². The monoisotopic (exact) mass is 326 g/mol. The highest BCUT2D eigenvalue weighted by atomic mass is 32.2. The fourth-order valence-electron chi connectivity index (χ4n) is 2.01. The van der Waals surface area contributed by atoms with Gasteiger partial charge in [0.1, 0.15) is 0 Å². The van der Waals surface area contributed by atoms with E-state index < -0.39 is 10.0 Å². The molecule has 22 heavy (non-hydrogen) atoms. The molecule has 1 rings (SSSR count). The molecular formula is C15H26N4O2S. The van der Waals surface area contributed by atoms with Gasteiger partial charge in [-0.1, -0.05) is 25.5 Å². The second-order valence-corrected chi connectivity index (χ2v) is 6.92. The second kappa shape index (κ2) is 8.75. The Morgan fingerprint density at radius 1 is 1.36 bits per heavy atom. The zero-order valence-electron chi connectivity index (χ0n) is 13.8. The van der Waals surface area contributed by atoms with E-state index in [0.717, 1.165) is 30.9 Å². The maximum Gasteiger partial charge on any atom is 0.240 e. The van der Waals surface area contributed by atoms with Gasteiger partial charge in [-0.15, -0.1) is 0 Å². The Morgan fingerprint density at radius 3 is 2.68 bits per heavy atom. The van der Waals surface area contributed by atoms with Crippen LogP contribution in [0.15, 0.2) is 34.2 Å². The molecule has 1 aromatic carbocycles. The van der Waals surface area contributed by atoms with Crippen molar-refractivity contribution in [1.82, 2.24) is 14.9 Å². The van der Waals surface area contributed by atoms with Crippen LogP contribution in [0, 0.1) is 0 Å². The predicted molar refractivity (Wildman–Crippen MR) is 90.4 cm³/mol. The third kappa shape index (κ3) is 5.31. The van der Waals surface area contributed by atoms with E-state index in [1.165, 1.54) is 7.05 Å². The molecule has 0 saturated carbocycles. The van der Waals surface area contributed by atoms with Crippen molar-refractivity contribution in [3.05, 3.63) is 29.8 Å². The molecule has 0 bridgehead atoms. The summed E-state index contributed by atoms with van der Waals surface area (Å²) in [4.78, 5) is 6.58. The first kappa shape index (κ1) is 18.4. The van der Waals surface area contributed by atoms with Crippen molar-refractivity contribution in [2.24, 2.45) is 4.99 Å². The van der Waals surface area contributed by atoms with E-state index in [0.29, 0.717) is 6.54 Å². The van der Waals surface area contributed by atoms with Crippen LogP contribution in [-0.4, -0.2) is 47.0 Å². The number of guanidine groups is 1. The van der Waals surface area contributed by atoms with E-state index >= 15 is 0 Å². The largest absolute Gasteiger partial charge is 0.352 e. The second-order valence-electron chi connectivity index (χ2n) is 5.03. The van der Waals surface area contributed by atoms with E-state index in [1.54, 1.807) is 25.2 Å². The Morgan fingerprint density at radius 2 is 2.09 bits per heavy atom. The van der Waals surface area contributed by atoms with E-state index in [2.05, 4.69) is 26.9 Å². The highest BCUT2D eigenvalue weighted by Gasteiger charge is 2.11. The molecule has 0 aliphatic heterocycles. The molecule has 0 heterocycles. The molecule has 0 radical (unpaired) electrons. The summed E-state index contributed by atoms with van der Waals surface area (Å²) in [7, 11) is 1.73. The van der Waals surface area contributed by atoms with Gasteiger partial charge in [-0.2, -0.15) is 0 Å². The maximum atomic E-state index is 11.8. The number of hydrogen-bond acceptors (Lipinski definition) is 3. The molecule has 0 aliphatic rings. The van der Waals surface area contributed by atoms with Crippen molar-refractivity contribution in [3.8, 4) is 0 Å². The van der Waals surface area contributed by atoms with Gasteiger partial charge in [0.25, 0.3) is 0 Å². The SMILES string of the molecule is CCCCN(C)C(=NC)NCc1cccc(S(=O)(=O)NC)c1. The molecule has 7 heteroatoms. The van der Waals surface area contributed by atoms with Crippen molar-refractivity contribution in [3.63, 3.8) is 0 Å². The van der Waals surface area contributed by atoms with Gasteiger partial charge in [-0.05, 0) is 31.2 Å². The standard InChI is InChI=1S/C15H26N4O2S/c1-5-6-10-19(4)15(16-2)18-12-13-8-7-9-14(11-13)22(20,21)17-3/h7-9,11,17H,5-6,10,12H2,1-4H3,(H,16,18). The quantitative estimate of drug-likeness (QED) is 0.587. The molecule has 0 atom stereocenters. The van der Waals surface area contributed by atoms with Gasteiger partial charge < -0.3 is 10.2 Å². The van der Waals surface area contributed by atoms with E-state index in [1.807, 2.05) is 13.1 Å². The molecule has 0 unspecified atom stereocenters. The van der Waals surface area contributed by atoms with Gasteiger partial charge in [-0.25, -0.2) is 13.1 Å². The van der Waals surface area contributed by atoms with Crippen LogP contribution in [0.4, 0.5) is 0 Å². The van der Waals surface area contributed by atoms with Crippen LogP contribution in [0.1, 0.15) is 25.3 Å². The van der Waals surface area contributed by atoms with Gasteiger partial charge in [-0.3, -0.25) is 4.99 Å². The van der Waals surface area contributed by atoms with Gasteiger partial charge in [0.15, 0.2) is 5.96 Å². The number of aliphatic imine (C=N–C) groups is 1. The molecule has 1 aromatic rings. The minimum Gasteiger partial charge on any atom is -0.352 e. The fourth-order valence-corrected chi connectivity index (χ4v) is 2.81. The first-order valence-corrected chi connectivity index (χ1v) is 8.87. The van der Waals surface area contributed by atoms with Crippen LogP contribution in [0.5, 0.6) is 0 Å². The number of benzene rings is 1. The van der Waals surface area contributed by atoms with Gasteiger partial charge in [0, 0.05) is 27.2 Å². The first-order valence-electron chi connectivity index (χ1n) is 7.39. The Labute approximate surface area is 133 Å². The number of nitrogens with zero attached hydrogens (tertiary/aromatic N) is 2. The molecule has 2 N–H and O–H groups in total. The summed E-state index contributed by atoms with van der Waals surface area (Å²) in [5.74, 6) is 0.801. The zero-order valence-corrected chi connectivity index (χ0v) is 14.6. The molecule has 0 aliphatic carbocycles. The highest BCUT2D eigenvalue weighted by Crippen LogP contribution is 2.11. The number of sulfonamides is 1. The van der Waals surface area contributed by atoms with Crippen molar-refractivity contribution >= 4 is 16.0 Å². The number of rotatable bonds is 7. The van der Waals surface area contributed by atoms with Gasteiger partial charge in [0.2, 0.25) is 10.0 Å². The molecule has 0 amide bonds. The average molecular weight is 326 g/mol. The van der Waals surface area contributed by atoms with Crippen LogP contribution >= 0.6 is 0 Å². The smallest absolute Gasteiger partial charge is 0.240 e. The zero-order chi connectivity index (χ0) is 16.6. The van der Waals surface area contributed by atoms with Crippen LogP contribution in [-0.2, 0) is 16.6 Å². The minimum atomic E-state index is -3.41. The minimum absolute atomic E-state index is 0.267. The summed E-state index contributed by atoms with van der Waals surface area (Å²) in [6.07, 6.45) is 2.23. The predicted octanol–water partition coefficient (Wildman–Crippen LogP) is 1.40. The molecule has 0 aromatic heterocycles. The maximum absolute atomic E-state index is 11.8. The number of unbranched alkanes of at least 4 members (excludes halogenated alkanes) is 1. The van der Waals surface area contributed by atoms with E-state index in [4.69, 9.17) is 0 Å². The van der Waals surface area contributed by atoms with Crippen molar-refractivity contribution in [2.75, 3.05) is 27.7 Å². The third-order valence-electron chi connectivity index (χ3n) is 3.35. The Kier molecular flexibility index (Phi) is 7.34. The number of hydrogen-bond donors (Lipinski definition) is 2. The van der Waals surface area contributed by atoms with Crippen LogP contribution in [0.3, 0.4) is 0 Å². The topological polar surface area (TPSA) is 73.8 Å². The Hall–Kier alpha value is -1.60. The lowest BCUT2D eigenvalue weighted by atomic mass is 10.2. The van der Waals surface area contributed by atoms with Crippen molar-refractivity contribution in [2.45, 2.75) is 31.2 Å². The molecule has 0 fully saturated rings. The van der Waals surface area contributed by atoms with Gasteiger partial charge in [0.05, 0.1) is 4.90 Å².